The van der Waals surface area contributed by atoms with Gasteiger partial charge in [-0.1, -0.05) is 18.2 Å². The van der Waals surface area contributed by atoms with Crippen molar-refractivity contribution in [1.82, 2.24) is 10.2 Å². The topological polar surface area (TPSA) is 87.6 Å². The fraction of sp³-hybridized carbons (Fsp3) is 0.519. The van der Waals surface area contributed by atoms with E-state index < -0.39 is 6.10 Å². The Morgan fingerprint density at radius 1 is 1.14 bits per heavy atom. The first-order valence-corrected chi connectivity index (χ1v) is 12.7. The van der Waals surface area contributed by atoms with Crippen LogP contribution < -0.4 is 20.1 Å². The summed E-state index contributed by atoms with van der Waals surface area (Å²) < 4.78 is 16.8. The number of aliphatic hydroxyl groups is 1. The molecule has 2 fully saturated rings. The van der Waals surface area contributed by atoms with Crippen LogP contribution in [0.2, 0.25) is 0 Å². The molecule has 0 saturated carbocycles. The van der Waals surface area contributed by atoms with Crippen LogP contribution in [0.5, 0.6) is 11.5 Å². The fourth-order valence-corrected chi connectivity index (χ4v) is 6.04. The number of nitrogens with zero attached hydrogens (tertiary/aromatic N) is 2. The molecule has 0 radical (unpaired) electrons. The maximum atomic E-state index is 11.3. The molecule has 0 amide bonds. The number of hydrogen-bond acceptors (Lipinski definition) is 8. The Bertz CT molecular complexity index is 1080. The number of ether oxygens (including phenoxy) is 3. The van der Waals surface area contributed by atoms with Gasteiger partial charge in [0.25, 0.3) is 0 Å². The lowest BCUT2D eigenvalue weighted by Crippen LogP contribution is -2.50. The maximum absolute atomic E-state index is 11.3. The molecule has 8 nitrogen and oxygen atoms in total. The minimum atomic E-state index is -0.575. The Kier molecular flexibility index (Phi) is 6.37. The summed E-state index contributed by atoms with van der Waals surface area (Å²) in [5, 5.41) is 18.4. The monoisotopic (exact) mass is 478 g/mol. The van der Waals surface area contributed by atoms with E-state index in [1.165, 1.54) is 18.4 Å². The molecule has 2 aromatic carbocycles. The number of methoxy groups -OCH3 is 1. The number of hydrogen-bond donors (Lipinski definition) is 3. The molecule has 3 N–H and O–H groups in total. The smallest absolute Gasteiger partial charge is 0.163 e. The molecule has 0 aliphatic carbocycles. The van der Waals surface area contributed by atoms with E-state index in [-0.39, 0.29) is 6.23 Å². The molecule has 4 unspecified atom stereocenters. The van der Waals surface area contributed by atoms with Crippen LogP contribution in [-0.2, 0) is 11.3 Å². The number of nitrogens with one attached hydrogen (secondary N) is 2. The van der Waals surface area contributed by atoms with Gasteiger partial charge in [-0.2, -0.15) is 0 Å². The summed E-state index contributed by atoms with van der Waals surface area (Å²) >= 11 is 0. The number of piperidine rings is 1. The molecule has 35 heavy (non-hydrogen) atoms. The zero-order valence-electron chi connectivity index (χ0n) is 20.2. The number of benzene rings is 2. The van der Waals surface area contributed by atoms with Crippen LogP contribution in [0.4, 0.5) is 11.4 Å². The first-order valence-electron chi connectivity index (χ1n) is 12.7. The third-order valence-corrected chi connectivity index (χ3v) is 7.79. The predicted octanol–water partition coefficient (Wildman–Crippen LogP) is 3.38. The van der Waals surface area contributed by atoms with Gasteiger partial charge in [0.05, 0.1) is 23.7 Å². The average molecular weight is 479 g/mol. The highest BCUT2D eigenvalue weighted by molar-refractivity contribution is 5.83. The summed E-state index contributed by atoms with van der Waals surface area (Å²) in [6, 6.07) is 13.6. The molecule has 186 valence electrons. The quantitative estimate of drug-likeness (QED) is 0.562. The summed E-state index contributed by atoms with van der Waals surface area (Å²) in [7, 11) is 1.65. The van der Waals surface area contributed by atoms with Gasteiger partial charge in [-0.05, 0) is 49.4 Å². The second kappa shape index (κ2) is 9.78. The van der Waals surface area contributed by atoms with Gasteiger partial charge in [-0.25, -0.2) is 0 Å². The van der Waals surface area contributed by atoms with Crippen LogP contribution in [0.25, 0.3) is 0 Å². The molecule has 4 heterocycles. The van der Waals surface area contributed by atoms with Crippen molar-refractivity contribution in [2.45, 2.75) is 62.7 Å². The van der Waals surface area contributed by atoms with Gasteiger partial charge in [-0.3, -0.25) is 9.89 Å². The highest BCUT2D eigenvalue weighted by Gasteiger charge is 2.41. The zero-order valence-corrected chi connectivity index (χ0v) is 20.2. The second-order valence-electron chi connectivity index (χ2n) is 9.95. The van der Waals surface area contributed by atoms with E-state index in [9.17, 15) is 5.11 Å². The number of aliphatic imine (C=N–C) groups is 1. The molecule has 2 bridgehead atoms. The third kappa shape index (κ3) is 4.63. The van der Waals surface area contributed by atoms with Crippen molar-refractivity contribution in [2.75, 3.05) is 32.2 Å². The van der Waals surface area contributed by atoms with Crippen molar-refractivity contribution in [3.63, 3.8) is 0 Å². The van der Waals surface area contributed by atoms with Crippen molar-refractivity contribution in [3.05, 3.63) is 47.5 Å². The Hall–Kier alpha value is -2.65. The van der Waals surface area contributed by atoms with Crippen LogP contribution in [0.3, 0.4) is 0 Å². The summed E-state index contributed by atoms with van der Waals surface area (Å²) in [6.45, 7) is 2.70. The van der Waals surface area contributed by atoms with Crippen LogP contribution in [-0.4, -0.2) is 67.4 Å². The highest BCUT2D eigenvalue weighted by atomic mass is 16.6. The Labute approximate surface area is 206 Å². The van der Waals surface area contributed by atoms with Gasteiger partial charge in [-0.15, -0.1) is 0 Å². The average Bonchev–Trinajstić information content (AvgIpc) is 3.12. The van der Waals surface area contributed by atoms with Gasteiger partial charge in [0.1, 0.15) is 13.2 Å². The molecular weight excluding hydrogens is 444 g/mol. The summed E-state index contributed by atoms with van der Waals surface area (Å²) in [6.07, 6.45) is 5.50. The number of fused-ring (bicyclic) bond motifs is 4. The molecular formula is C27H34N4O4. The molecule has 4 aliphatic heterocycles. The third-order valence-electron chi connectivity index (χ3n) is 7.79. The number of aliphatic hydroxyl groups excluding tert-OH is 1. The molecule has 0 aromatic heterocycles. The van der Waals surface area contributed by atoms with Crippen molar-refractivity contribution < 1.29 is 19.3 Å². The van der Waals surface area contributed by atoms with E-state index in [1.807, 2.05) is 24.3 Å². The molecule has 4 aliphatic rings. The van der Waals surface area contributed by atoms with Gasteiger partial charge < -0.3 is 30.0 Å². The van der Waals surface area contributed by atoms with E-state index in [2.05, 4.69) is 32.7 Å². The second-order valence-corrected chi connectivity index (χ2v) is 9.95. The van der Waals surface area contributed by atoms with Gasteiger partial charge >= 0.3 is 0 Å². The lowest BCUT2D eigenvalue weighted by Gasteiger charge is -2.40. The molecule has 0 spiro atoms. The Morgan fingerprint density at radius 3 is 2.74 bits per heavy atom. The van der Waals surface area contributed by atoms with Gasteiger partial charge in [0.2, 0.25) is 0 Å². The van der Waals surface area contributed by atoms with Gasteiger partial charge in [0.15, 0.2) is 17.7 Å². The molecule has 6 rings (SSSR count). The highest BCUT2D eigenvalue weighted by Crippen LogP contribution is 2.40. The maximum Gasteiger partial charge on any atom is 0.163 e. The van der Waals surface area contributed by atoms with Crippen LogP contribution in [0, 0.1) is 0 Å². The molecule has 2 saturated heterocycles. The molecule has 8 heteroatoms. The minimum absolute atomic E-state index is 0.275. The lowest BCUT2D eigenvalue weighted by atomic mass is 9.95. The lowest BCUT2D eigenvalue weighted by molar-refractivity contribution is 0.0518. The summed E-state index contributed by atoms with van der Waals surface area (Å²) in [5.74, 6) is 1.68. The van der Waals surface area contributed by atoms with E-state index in [4.69, 9.17) is 14.2 Å². The van der Waals surface area contributed by atoms with E-state index >= 15 is 0 Å². The first kappa shape index (κ1) is 22.8. The van der Waals surface area contributed by atoms with Crippen molar-refractivity contribution in [3.8, 4) is 11.5 Å². The SMILES string of the molecule is COC1C=Nc2cccc(C(O)CN3C4CCC3CC(NCc3ccc5c(c3)OCCO5)C4)c2N1. The van der Waals surface area contributed by atoms with E-state index in [1.54, 1.807) is 13.3 Å². The fourth-order valence-electron chi connectivity index (χ4n) is 6.04. The van der Waals surface area contributed by atoms with Crippen LogP contribution in [0.1, 0.15) is 42.9 Å². The normalized spacial score (nSPS) is 27.8. The summed E-state index contributed by atoms with van der Waals surface area (Å²) in [4.78, 5) is 7.03. The number of para-hydroxylation sites is 1. The Morgan fingerprint density at radius 2 is 1.94 bits per heavy atom. The molecule has 2 aromatic rings. The molecule has 4 atom stereocenters. The predicted molar refractivity (Wildman–Crippen MR) is 135 cm³/mol. The van der Waals surface area contributed by atoms with Crippen molar-refractivity contribution in [1.29, 1.82) is 0 Å². The largest absolute Gasteiger partial charge is 0.486 e. The van der Waals surface area contributed by atoms with E-state index in [0.717, 1.165) is 47.8 Å². The van der Waals surface area contributed by atoms with Gasteiger partial charge in [0, 0.05) is 43.9 Å². The van der Waals surface area contributed by atoms with Crippen molar-refractivity contribution in [2.24, 2.45) is 4.99 Å². The Balaban J connectivity index is 1.07. The van der Waals surface area contributed by atoms with Crippen LogP contribution >= 0.6 is 0 Å². The van der Waals surface area contributed by atoms with E-state index in [0.29, 0.717) is 37.9 Å². The summed E-state index contributed by atoms with van der Waals surface area (Å²) in [5.41, 5.74) is 3.83. The standard InChI is InChI=1S/C27H34N4O4/c1-33-26-15-29-22-4-2-3-21(27(22)30-26)23(32)16-31-19-6-7-20(31)13-18(12-19)28-14-17-5-8-24-25(11-17)35-10-9-34-24/h2-5,8,11,15,18-20,23,26,28,30,32H,6-7,9-10,12-14,16H2,1H3. The van der Waals surface area contributed by atoms with Crippen molar-refractivity contribution >= 4 is 17.6 Å². The minimum Gasteiger partial charge on any atom is -0.486 e. The number of rotatable bonds is 7. The number of anilines is 1. The first-order chi connectivity index (χ1) is 17.2. The zero-order chi connectivity index (χ0) is 23.8. The van der Waals surface area contributed by atoms with Crippen LogP contribution in [0.15, 0.2) is 41.4 Å².